The molecule has 0 saturated carbocycles. The molecule has 0 aliphatic heterocycles. The first kappa shape index (κ1) is 14.4. The Morgan fingerprint density at radius 2 is 2.05 bits per heavy atom. The van der Waals surface area contributed by atoms with Crippen LogP contribution < -0.4 is 0 Å². The van der Waals surface area contributed by atoms with Gasteiger partial charge in [0.2, 0.25) is 15.3 Å². The number of halogens is 2. The van der Waals surface area contributed by atoms with E-state index in [1.165, 1.54) is 17.7 Å². The van der Waals surface area contributed by atoms with Crippen LogP contribution in [-0.2, 0) is 16.6 Å². The monoisotopic (exact) mass is 323 g/mol. The van der Waals surface area contributed by atoms with Crippen LogP contribution >= 0.6 is 23.2 Å². The number of sulfonamides is 1. The standard InChI is InChI=1S/C9H11Cl2N5O2S/c1-15(19(2,17)18)3-4-16-5-12-6-7(10)13-9(11)14-8(6)16/h5H,3-4H2,1-2H3. The van der Waals surface area contributed by atoms with E-state index in [4.69, 9.17) is 23.2 Å². The van der Waals surface area contributed by atoms with E-state index < -0.39 is 10.0 Å². The zero-order valence-corrected chi connectivity index (χ0v) is 12.5. The molecule has 0 radical (unpaired) electrons. The van der Waals surface area contributed by atoms with E-state index in [9.17, 15) is 8.42 Å². The first-order valence-electron chi connectivity index (χ1n) is 5.24. The largest absolute Gasteiger partial charge is 0.314 e. The van der Waals surface area contributed by atoms with Gasteiger partial charge < -0.3 is 4.57 Å². The van der Waals surface area contributed by atoms with Crippen molar-refractivity contribution in [2.24, 2.45) is 0 Å². The predicted octanol–water partition coefficient (Wildman–Crippen LogP) is 1.02. The molecule has 19 heavy (non-hydrogen) atoms. The van der Waals surface area contributed by atoms with Gasteiger partial charge in [0.1, 0.15) is 5.52 Å². The fourth-order valence-corrected chi connectivity index (χ4v) is 2.30. The lowest BCUT2D eigenvalue weighted by atomic mass is 10.5. The lowest BCUT2D eigenvalue weighted by molar-refractivity contribution is 0.452. The van der Waals surface area contributed by atoms with Crippen LogP contribution in [0.5, 0.6) is 0 Å². The highest BCUT2D eigenvalue weighted by atomic mass is 35.5. The number of nitrogens with zero attached hydrogens (tertiary/aromatic N) is 5. The third-order valence-corrected chi connectivity index (χ3v) is 4.36. The highest BCUT2D eigenvalue weighted by molar-refractivity contribution is 7.88. The molecule has 0 N–H and O–H groups in total. The Kier molecular flexibility index (Phi) is 3.95. The van der Waals surface area contributed by atoms with Gasteiger partial charge in [-0.2, -0.15) is 4.98 Å². The topological polar surface area (TPSA) is 81.0 Å². The van der Waals surface area contributed by atoms with Gasteiger partial charge in [-0.3, -0.25) is 0 Å². The molecule has 0 fully saturated rings. The summed E-state index contributed by atoms with van der Waals surface area (Å²) in [5.41, 5.74) is 0.917. The Labute approximate surface area is 120 Å². The Balaban J connectivity index is 2.27. The van der Waals surface area contributed by atoms with Crippen LogP contribution in [0.4, 0.5) is 0 Å². The summed E-state index contributed by atoms with van der Waals surface area (Å²) in [6.07, 6.45) is 2.67. The molecule has 0 aliphatic carbocycles. The summed E-state index contributed by atoms with van der Waals surface area (Å²) < 4.78 is 25.5. The van der Waals surface area contributed by atoms with E-state index in [0.29, 0.717) is 24.3 Å². The van der Waals surface area contributed by atoms with E-state index >= 15 is 0 Å². The smallest absolute Gasteiger partial charge is 0.225 e. The van der Waals surface area contributed by atoms with Crippen LogP contribution in [0, 0.1) is 0 Å². The molecule has 2 aromatic rings. The molecule has 2 rings (SSSR count). The summed E-state index contributed by atoms with van der Waals surface area (Å²) in [6.45, 7) is 0.688. The highest BCUT2D eigenvalue weighted by Gasteiger charge is 2.14. The average molecular weight is 324 g/mol. The minimum atomic E-state index is -3.21. The third-order valence-electron chi connectivity index (χ3n) is 2.62. The van der Waals surface area contributed by atoms with Crippen molar-refractivity contribution in [2.75, 3.05) is 19.8 Å². The number of fused-ring (bicyclic) bond motifs is 1. The zero-order chi connectivity index (χ0) is 14.2. The van der Waals surface area contributed by atoms with E-state index in [0.717, 1.165) is 6.26 Å². The van der Waals surface area contributed by atoms with Crippen LogP contribution in [0.3, 0.4) is 0 Å². The van der Waals surface area contributed by atoms with Crippen molar-refractivity contribution in [1.29, 1.82) is 0 Å². The van der Waals surface area contributed by atoms with Crippen molar-refractivity contribution < 1.29 is 8.42 Å². The summed E-state index contributed by atoms with van der Waals surface area (Å²) in [5.74, 6) is 0. The van der Waals surface area contributed by atoms with E-state index in [2.05, 4.69) is 15.0 Å². The van der Waals surface area contributed by atoms with Crippen LogP contribution in [0.1, 0.15) is 0 Å². The first-order valence-corrected chi connectivity index (χ1v) is 7.84. The second-order valence-corrected chi connectivity index (χ2v) is 6.76. The Morgan fingerprint density at radius 1 is 1.37 bits per heavy atom. The van der Waals surface area contributed by atoms with Crippen molar-refractivity contribution in [3.63, 3.8) is 0 Å². The van der Waals surface area contributed by atoms with Crippen LogP contribution in [-0.4, -0.2) is 52.1 Å². The summed E-state index contributed by atoms with van der Waals surface area (Å²) in [6, 6.07) is 0. The maximum Gasteiger partial charge on any atom is 0.225 e. The predicted molar refractivity (Wildman–Crippen MR) is 72.8 cm³/mol. The van der Waals surface area contributed by atoms with Gasteiger partial charge in [0.25, 0.3) is 0 Å². The van der Waals surface area contributed by atoms with E-state index in [1.807, 2.05) is 0 Å². The van der Waals surface area contributed by atoms with Gasteiger partial charge in [0.05, 0.1) is 12.6 Å². The van der Waals surface area contributed by atoms with Gasteiger partial charge in [-0.05, 0) is 11.6 Å². The number of hydrogen-bond donors (Lipinski definition) is 0. The molecule has 2 heterocycles. The molecule has 2 aromatic heterocycles. The van der Waals surface area contributed by atoms with Gasteiger partial charge in [0, 0.05) is 20.1 Å². The molecule has 10 heteroatoms. The minimum Gasteiger partial charge on any atom is -0.314 e. The Morgan fingerprint density at radius 3 is 2.68 bits per heavy atom. The molecule has 104 valence electrons. The van der Waals surface area contributed by atoms with Crippen LogP contribution in [0.25, 0.3) is 11.2 Å². The van der Waals surface area contributed by atoms with E-state index in [1.54, 1.807) is 4.57 Å². The van der Waals surface area contributed by atoms with Crippen LogP contribution in [0.2, 0.25) is 10.4 Å². The maximum atomic E-state index is 11.3. The second-order valence-electron chi connectivity index (χ2n) is 3.98. The second kappa shape index (κ2) is 5.20. The van der Waals surface area contributed by atoms with Gasteiger partial charge in [-0.25, -0.2) is 22.7 Å². The number of aromatic nitrogens is 4. The summed E-state index contributed by atoms with van der Waals surface area (Å²) in [7, 11) is -1.71. The Bertz CT molecular complexity index is 715. The summed E-state index contributed by atoms with van der Waals surface area (Å²) in [4.78, 5) is 11.9. The molecule has 0 saturated heterocycles. The van der Waals surface area contributed by atoms with Crippen molar-refractivity contribution in [3.05, 3.63) is 16.8 Å². The first-order chi connectivity index (χ1) is 8.79. The molecule has 0 amide bonds. The number of hydrogen-bond acceptors (Lipinski definition) is 5. The third kappa shape index (κ3) is 3.14. The van der Waals surface area contributed by atoms with Crippen molar-refractivity contribution in [1.82, 2.24) is 23.8 Å². The normalized spacial score (nSPS) is 12.5. The van der Waals surface area contributed by atoms with E-state index in [-0.39, 0.29) is 10.4 Å². The van der Waals surface area contributed by atoms with Crippen LogP contribution in [0.15, 0.2) is 6.33 Å². The number of imidazole rings is 1. The molecule has 0 spiro atoms. The summed E-state index contributed by atoms with van der Waals surface area (Å²) in [5, 5.41) is 0.195. The van der Waals surface area contributed by atoms with Gasteiger partial charge in [0.15, 0.2) is 10.8 Å². The number of likely N-dealkylation sites (N-methyl/N-ethyl adjacent to an activating group) is 1. The fourth-order valence-electron chi connectivity index (χ4n) is 1.46. The maximum absolute atomic E-state index is 11.3. The zero-order valence-electron chi connectivity index (χ0n) is 10.2. The molecular weight excluding hydrogens is 313 g/mol. The van der Waals surface area contributed by atoms with Crippen molar-refractivity contribution in [2.45, 2.75) is 6.54 Å². The summed E-state index contributed by atoms with van der Waals surface area (Å²) >= 11 is 11.6. The highest BCUT2D eigenvalue weighted by Crippen LogP contribution is 2.20. The number of rotatable bonds is 4. The quantitative estimate of drug-likeness (QED) is 0.620. The molecular formula is C9H11Cl2N5O2S. The average Bonchev–Trinajstić information content (AvgIpc) is 2.67. The molecule has 7 nitrogen and oxygen atoms in total. The molecule has 0 aromatic carbocycles. The molecule has 0 unspecified atom stereocenters. The van der Waals surface area contributed by atoms with Gasteiger partial charge >= 0.3 is 0 Å². The molecule has 0 atom stereocenters. The SMILES string of the molecule is CN(CCn1cnc2c(Cl)nc(Cl)nc21)S(C)(=O)=O. The molecule has 0 aliphatic rings. The minimum absolute atomic E-state index is 0.0238. The van der Waals surface area contributed by atoms with Crippen molar-refractivity contribution >= 4 is 44.4 Å². The Hall–Kier alpha value is -0.960. The van der Waals surface area contributed by atoms with Gasteiger partial charge in [-0.15, -0.1) is 0 Å². The lowest BCUT2D eigenvalue weighted by Gasteiger charge is -2.14. The van der Waals surface area contributed by atoms with Gasteiger partial charge in [-0.1, -0.05) is 11.6 Å². The fraction of sp³-hybridized carbons (Fsp3) is 0.444. The molecule has 0 bridgehead atoms. The van der Waals surface area contributed by atoms with Crippen molar-refractivity contribution in [3.8, 4) is 0 Å². The lowest BCUT2D eigenvalue weighted by Crippen LogP contribution is -2.28.